The van der Waals surface area contributed by atoms with E-state index in [2.05, 4.69) is 16.9 Å². The van der Waals surface area contributed by atoms with E-state index in [-0.39, 0.29) is 0 Å². The van der Waals surface area contributed by atoms with Gasteiger partial charge in [0.15, 0.2) is 0 Å². The Kier molecular flexibility index (Phi) is 4.78. The lowest BCUT2D eigenvalue weighted by Crippen LogP contribution is -2.21. The molecule has 0 N–H and O–H groups in total. The van der Waals surface area contributed by atoms with E-state index in [0.29, 0.717) is 0 Å². The van der Waals surface area contributed by atoms with Crippen molar-refractivity contribution in [2.45, 2.75) is 13.3 Å². The van der Waals surface area contributed by atoms with Crippen LogP contribution >= 0.6 is 0 Å². The fraction of sp³-hybridized carbons (Fsp3) is 0.312. The summed E-state index contributed by atoms with van der Waals surface area (Å²) in [6.45, 7) is 3.67. The summed E-state index contributed by atoms with van der Waals surface area (Å²) >= 11 is 0. The molecule has 3 nitrogen and oxygen atoms in total. The van der Waals surface area contributed by atoms with Gasteiger partial charge in [0.05, 0.1) is 6.61 Å². The molecular weight excluding hydrogens is 236 g/mol. The van der Waals surface area contributed by atoms with Crippen LogP contribution in [0.3, 0.4) is 0 Å². The molecule has 0 saturated heterocycles. The molecule has 0 atom stereocenters. The molecule has 0 aliphatic carbocycles. The standard InChI is InChI=1S/C16H20N2O/c1-14-8-6-11-16(17-14)18(2)12-7-13-19-15-9-4-3-5-10-15/h3-6,8-11H,7,12-13H2,1-2H3. The minimum atomic E-state index is 0.722. The number of rotatable bonds is 6. The molecule has 1 aromatic heterocycles. The molecule has 0 aliphatic rings. The third-order valence-electron chi connectivity index (χ3n) is 2.91. The highest BCUT2D eigenvalue weighted by atomic mass is 16.5. The SMILES string of the molecule is Cc1cccc(N(C)CCCOc2ccccc2)n1. The van der Waals surface area contributed by atoms with Crippen LogP contribution in [0.4, 0.5) is 5.82 Å². The molecule has 0 saturated carbocycles. The number of hydrogen-bond acceptors (Lipinski definition) is 3. The second-order valence-corrected chi connectivity index (χ2v) is 4.57. The van der Waals surface area contributed by atoms with Crippen LogP contribution in [0.1, 0.15) is 12.1 Å². The van der Waals surface area contributed by atoms with Crippen LogP contribution in [0.15, 0.2) is 48.5 Å². The Morgan fingerprint density at radius 1 is 1.05 bits per heavy atom. The fourth-order valence-electron chi connectivity index (χ4n) is 1.86. The highest BCUT2D eigenvalue weighted by Crippen LogP contribution is 2.11. The third-order valence-corrected chi connectivity index (χ3v) is 2.91. The Bertz CT molecular complexity index is 499. The number of benzene rings is 1. The maximum atomic E-state index is 5.67. The average molecular weight is 256 g/mol. The smallest absolute Gasteiger partial charge is 0.128 e. The second-order valence-electron chi connectivity index (χ2n) is 4.57. The third kappa shape index (κ3) is 4.28. The summed E-state index contributed by atoms with van der Waals surface area (Å²) in [6.07, 6.45) is 0.973. The molecule has 1 aromatic carbocycles. The quantitative estimate of drug-likeness (QED) is 0.742. The largest absolute Gasteiger partial charge is 0.494 e. The van der Waals surface area contributed by atoms with Crippen LogP contribution in [0, 0.1) is 6.92 Å². The highest BCUT2D eigenvalue weighted by Gasteiger charge is 2.02. The fourth-order valence-corrected chi connectivity index (χ4v) is 1.86. The molecular formula is C16H20N2O. The summed E-state index contributed by atoms with van der Waals surface area (Å²) in [5.74, 6) is 1.94. The zero-order chi connectivity index (χ0) is 13.5. The summed E-state index contributed by atoms with van der Waals surface area (Å²) < 4.78 is 5.67. The summed E-state index contributed by atoms with van der Waals surface area (Å²) in [5.41, 5.74) is 1.05. The predicted octanol–water partition coefficient (Wildman–Crippen LogP) is 3.30. The minimum absolute atomic E-state index is 0.722. The Labute approximate surface area is 114 Å². The number of aryl methyl sites for hydroxylation is 1. The number of aromatic nitrogens is 1. The lowest BCUT2D eigenvalue weighted by molar-refractivity contribution is 0.312. The minimum Gasteiger partial charge on any atom is -0.494 e. The van der Waals surface area contributed by atoms with Crippen molar-refractivity contribution in [3.05, 3.63) is 54.2 Å². The Balaban J connectivity index is 1.74. The molecule has 0 spiro atoms. The normalized spacial score (nSPS) is 10.2. The number of anilines is 1. The molecule has 0 unspecified atom stereocenters. The van der Waals surface area contributed by atoms with Gasteiger partial charge < -0.3 is 9.64 Å². The molecule has 0 radical (unpaired) electrons. The molecule has 0 fully saturated rings. The van der Waals surface area contributed by atoms with E-state index in [1.165, 1.54) is 0 Å². The van der Waals surface area contributed by atoms with Crippen molar-refractivity contribution in [3.63, 3.8) is 0 Å². The number of para-hydroxylation sites is 1. The first-order chi connectivity index (χ1) is 9.25. The summed E-state index contributed by atoms with van der Waals surface area (Å²) in [5, 5.41) is 0. The summed E-state index contributed by atoms with van der Waals surface area (Å²) in [6, 6.07) is 16.0. The predicted molar refractivity (Wildman–Crippen MR) is 78.8 cm³/mol. The van der Waals surface area contributed by atoms with Gasteiger partial charge in [-0.25, -0.2) is 4.98 Å². The van der Waals surface area contributed by atoms with E-state index in [4.69, 9.17) is 4.74 Å². The Morgan fingerprint density at radius 3 is 2.58 bits per heavy atom. The lowest BCUT2D eigenvalue weighted by Gasteiger charge is -2.18. The van der Waals surface area contributed by atoms with Crippen LogP contribution in [0.25, 0.3) is 0 Å². The van der Waals surface area contributed by atoms with Gasteiger partial charge in [-0.05, 0) is 37.6 Å². The van der Waals surface area contributed by atoms with Crippen molar-refractivity contribution in [2.75, 3.05) is 25.1 Å². The topological polar surface area (TPSA) is 25.4 Å². The van der Waals surface area contributed by atoms with Gasteiger partial charge in [0, 0.05) is 19.3 Å². The van der Waals surface area contributed by atoms with Gasteiger partial charge in [-0.3, -0.25) is 0 Å². The van der Waals surface area contributed by atoms with E-state index < -0.39 is 0 Å². The van der Waals surface area contributed by atoms with Gasteiger partial charge in [-0.2, -0.15) is 0 Å². The summed E-state index contributed by atoms with van der Waals surface area (Å²) in [7, 11) is 2.06. The van der Waals surface area contributed by atoms with Crippen molar-refractivity contribution < 1.29 is 4.74 Å². The van der Waals surface area contributed by atoms with Crippen LogP contribution in [-0.4, -0.2) is 25.2 Å². The molecule has 0 amide bonds. The molecule has 2 aromatic rings. The lowest BCUT2D eigenvalue weighted by atomic mass is 10.3. The number of nitrogens with zero attached hydrogens (tertiary/aromatic N) is 2. The van der Waals surface area contributed by atoms with Crippen LogP contribution in [-0.2, 0) is 0 Å². The van der Waals surface area contributed by atoms with Crippen molar-refractivity contribution >= 4 is 5.82 Å². The number of hydrogen-bond donors (Lipinski definition) is 0. The van der Waals surface area contributed by atoms with E-state index >= 15 is 0 Å². The monoisotopic (exact) mass is 256 g/mol. The van der Waals surface area contributed by atoms with Crippen molar-refractivity contribution in [1.29, 1.82) is 0 Å². The molecule has 3 heteroatoms. The average Bonchev–Trinajstić information content (AvgIpc) is 2.44. The maximum Gasteiger partial charge on any atom is 0.128 e. The van der Waals surface area contributed by atoms with Crippen LogP contribution in [0.2, 0.25) is 0 Å². The summed E-state index contributed by atoms with van der Waals surface area (Å²) in [4.78, 5) is 6.65. The first-order valence-corrected chi connectivity index (χ1v) is 6.58. The first kappa shape index (κ1) is 13.4. The van der Waals surface area contributed by atoms with Crippen molar-refractivity contribution in [1.82, 2.24) is 4.98 Å². The van der Waals surface area contributed by atoms with Crippen LogP contribution in [0.5, 0.6) is 5.75 Å². The highest BCUT2D eigenvalue weighted by molar-refractivity contribution is 5.37. The van der Waals surface area contributed by atoms with Gasteiger partial charge in [-0.15, -0.1) is 0 Å². The van der Waals surface area contributed by atoms with Gasteiger partial charge in [0.1, 0.15) is 11.6 Å². The molecule has 2 rings (SSSR count). The Hall–Kier alpha value is -2.03. The second kappa shape index (κ2) is 6.78. The molecule has 0 aliphatic heterocycles. The Morgan fingerprint density at radius 2 is 1.84 bits per heavy atom. The van der Waals surface area contributed by atoms with E-state index in [1.54, 1.807) is 0 Å². The maximum absolute atomic E-state index is 5.67. The van der Waals surface area contributed by atoms with Crippen molar-refractivity contribution in [2.24, 2.45) is 0 Å². The van der Waals surface area contributed by atoms with Gasteiger partial charge in [-0.1, -0.05) is 24.3 Å². The number of pyridine rings is 1. The van der Waals surface area contributed by atoms with Gasteiger partial charge >= 0.3 is 0 Å². The number of ether oxygens (including phenoxy) is 1. The van der Waals surface area contributed by atoms with Gasteiger partial charge in [0.25, 0.3) is 0 Å². The van der Waals surface area contributed by atoms with Crippen LogP contribution < -0.4 is 9.64 Å². The van der Waals surface area contributed by atoms with E-state index in [9.17, 15) is 0 Å². The first-order valence-electron chi connectivity index (χ1n) is 6.58. The molecule has 1 heterocycles. The van der Waals surface area contributed by atoms with Gasteiger partial charge in [0.2, 0.25) is 0 Å². The van der Waals surface area contributed by atoms with E-state index in [0.717, 1.165) is 36.8 Å². The molecule has 0 bridgehead atoms. The zero-order valence-electron chi connectivity index (χ0n) is 11.5. The zero-order valence-corrected chi connectivity index (χ0v) is 11.5. The molecule has 100 valence electrons. The molecule has 19 heavy (non-hydrogen) atoms. The van der Waals surface area contributed by atoms with Crippen molar-refractivity contribution in [3.8, 4) is 5.75 Å². The van der Waals surface area contributed by atoms with E-state index in [1.807, 2.05) is 55.5 Å².